The summed E-state index contributed by atoms with van der Waals surface area (Å²) in [6, 6.07) is 10.6. The molecule has 0 saturated heterocycles. The minimum Gasteiger partial charge on any atom is -0.872 e. The Kier molecular flexibility index (Phi) is 13.5. The molecule has 5 nitrogen and oxygen atoms in total. The van der Waals surface area contributed by atoms with Crippen LogP contribution in [-0.2, 0) is 16.5 Å². The Balaban J connectivity index is 0.00000480. The van der Waals surface area contributed by atoms with Crippen LogP contribution in [0.4, 0.5) is 0 Å². The molecule has 31 heavy (non-hydrogen) atoms. The first-order valence-corrected chi connectivity index (χ1v) is 12.4. The van der Waals surface area contributed by atoms with Gasteiger partial charge in [-0.3, -0.25) is 4.55 Å². The topological polar surface area (TPSA) is 86.7 Å². The summed E-state index contributed by atoms with van der Waals surface area (Å²) in [5.41, 5.74) is 0.544. The number of ether oxygens (including phenoxy) is 1. The maximum atomic E-state index is 12.4. The number of benzene rings is 2. The molecule has 0 unspecified atom stereocenters. The summed E-state index contributed by atoms with van der Waals surface area (Å²) in [4.78, 5) is -0.314. The molecule has 0 radical (unpaired) electrons. The molecule has 166 valence electrons. The summed E-state index contributed by atoms with van der Waals surface area (Å²) in [6.07, 6.45) is 12.7. The van der Waals surface area contributed by atoms with Crippen molar-refractivity contribution in [1.29, 1.82) is 0 Å². The van der Waals surface area contributed by atoms with Crippen molar-refractivity contribution in [1.82, 2.24) is 0 Å². The summed E-state index contributed by atoms with van der Waals surface area (Å²) >= 11 is 0. The van der Waals surface area contributed by atoms with Gasteiger partial charge in [0.2, 0.25) is 0 Å². The largest absolute Gasteiger partial charge is 1.00 e. The Bertz CT molecular complexity index is 883. The van der Waals surface area contributed by atoms with E-state index >= 15 is 0 Å². The maximum Gasteiger partial charge on any atom is 1.00 e. The molecule has 0 atom stereocenters. The van der Waals surface area contributed by atoms with Gasteiger partial charge >= 0.3 is 29.6 Å². The fraction of sp³-hybridized carbons (Fsp3) is 0.500. The number of hydrogen-bond donors (Lipinski definition) is 1. The van der Waals surface area contributed by atoms with Crippen molar-refractivity contribution in [3.05, 3.63) is 48.0 Å². The van der Waals surface area contributed by atoms with Gasteiger partial charge in [-0.05, 0) is 36.6 Å². The molecule has 0 amide bonds. The van der Waals surface area contributed by atoms with Crippen LogP contribution < -0.4 is 39.4 Å². The van der Waals surface area contributed by atoms with Crippen molar-refractivity contribution >= 4 is 10.1 Å². The fourth-order valence-electron chi connectivity index (χ4n) is 3.54. The van der Waals surface area contributed by atoms with E-state index in [9.17, 15) is 18.1 Å². The molecule has 0 saturated carbocycles. The van der Waals surface area contributed by atoms with Crippen LogP contribution in [0.1, 0.15) is 76.7 Å². The third-order valence-corrected chi connectivity index (χ3v) is 6.11. The van der Waals surface area contributed by atoms with Crippen molar-refractivity contribution in [2.45, 2.75) is 82.4 Å². The molecule has 2 rings (SSSR count). The zero-order valence-electron chi connectivity index (χ0n) is 18.8. The van der Waals surface area contributed by atoms with E-state index in [4.69, 9.17) is 4.74 Å². The maximum absolute atomic E-state index is 12.4. The molecule has 0 aliphatic heterocycles. The normalized spacial score (nSPS) is 11.2. The van der Waals surface area contributed by atoms with Crippen LogP contribution in [0.2, 0.25) is 0 Å². The molecule has 1 N–H and O–H groups in total. The Morgan fingerprint density at radius 1 is 0.806 bits per heavy atom. The van der Waals surface area contributed by atoms with Gasteiger partial charge < -0.3 is 9.84 Å². The summed E-state index contributed by atoms with van der Waals surface area (Å²) in [5, 5.41) is 12.4. The zero-order chi connectivity index (χ0) is 21.8. The molecule has 7 heteroatoms. The third kappa shape index (κ3) is 9.96. The van der Waals surface area contributed by atoms with E-state index in [-0.39, 0.29) is 46.0 Å². The minimum absolute atomic E-state index is 0. The molecular formula is C24H33NaO5S. The molecule has 0 aliphatic rings. The van der Waals surface area contributed by atoms with E-state index in [2.05, 4.69) is 6.92 Å². The summed E-state index contributed by atoms with van der Waals surface area (Å²) in [5.74, 6) is 0.234. The van der Waals surface area contributed by atoms with Crippen LogP contribution in [0, 0.1) is 0 Å². The van der Waals surface area contributed by atoms with Gasteiger partial charge in [0.1, 0.15) is 16.4 Å². The van der Waals surface area contributed by atoms with E-state index in [1.165, 1.54) is 69.2 Å². The van der Waals surface area contributed by atoms with Crippen LogP contribution in [0.5, 0.6) is 17.2 Å². The number of unbranched alkanes of at least 4 members (excludes halogenated alkanes) is 9. The number of para-hydroxylation sites is 1. The van der Waals surface area contributed by atoms with Crippen molar-refractivity contribution in [3.63, 3.8) is 0 Å². The average molecular weight is 457 g/mol. The standard InChI is InChI=1S/C24H34O5S.Na/c1-2-3-4-5-6-7-8-9-10-11-15-20-21(25)16-14-18-22(20)29-23-17-12-13-19-24(23)30(26,27)28;/h12-14,16-19,25H,2-11,15H2,1H3,(H,26,27,28);/q;+1/p-1. The van der Waals surface area contributed by atoms with Gasteiger partial charge in [0.15, 0.2) is 0 Å². The van der Waals surface area contributed by atoms with Crippen LogP contribution in [0.15, 0.2) is 47.4 Å². The molecule has 0 fully saturated rings. The Morgan fingerprint density at radius 3 is 1.97 bits per heavy atom. The smallest absolute Gasteiger partial charge is 0.872 e. The fourth-order valence-corrected chi connectivity index (χ4v) is 4.16. The van der Waals surface area contributed by atoms with Crippen LogP contribution >= 0.6 is 0 Å². The third-order valence-electron chi connectivity index (χ3n) is 5.22. The van der Waals surface area contributed by atoms with E-state index in [0.717, 1.165) is 19.3 Å². The number of rotatable bonds is 14. The van der Waals surface area contributed by atoms with Gasteiger partial charge in [0.05, 0.1) is 0 Å². The molecular weight excluding hydrogens is 423 g/mol. The van der Waals surface area contributed by atoms with E-state index < -0.39 is 10.1 Å². The van der Waals surface area contributed by atoms with E-state index in [0.29, 0.717) is 17.7 Å². The molecule has 0 aliphatic carbocycles. The van der Waals surface area contributed by atoms with Gasteiger partial charge in [-0.25, -0.2) is 0 Å². The van der Waals surface area contributed by atoms with Crippen molar-refractivity contribution in [3.8, 4) is 17.2 Å². The molecule has 0 spiro atoms. The van der Waals surface area contributed by atoms with Crippen LogP contribution in [0.3, 0.4) is 0 Å². The second-order valence-electron chi connectivity index (χ2n) is 7.69. The first kappa shape index (κ1) is 28.0. The number of hydrogen-bond acceptors (Lipinski definition) is 4. The predicted octanol–water partition coefficient (Wildman–Crippen LogP) is 3.27. The SMILES string of the molecule is CCCCCCCCCCCCc1c([O-])cccc1Oc1ccccc1S(=O)(=O)O.[Na+]. The Hall–Kier alpha value is -1.05. The second-order valence-corrected chi connectivity index (χ2v) is 9.08. The van der Waals surface area contributed by atoms with Crippen molar-refractivity contribution in [2.75, 3.05) is 0 Å². The summed E-state index contributed by atoms with van der Waals surface area (Å²) < 4.78 is 38.3. The molecule has 2 aromatic carbocycles. The predicted molar refractivity (Wildman–Crippen MR) is 118 cm³/mol. The van der Waals surface area contributed by atoms with Crippen molar-refractivity contribution < 1.29 is 52.4 Å². The first-order valence-electron chi connectivity index (χ1n) is 11.0. The van der Waals surface area contributed by atoms with Crippen LogP contribution in [-0.4, -0.2) is 13.0 Å². The van der Waals surface area contributed by atoms with Gasteiger partial charge in [0, 0.05) is 0 Å². The first-order chi connectivity index (χ1) is 14.4. The van der Waals surface area contributed by atoms with E-state index in [1.807, 2.05) is 0 Å². The molecule has 0 heterocycles. The van der Waals surface area contributed by atoms with E-state index in [1.54, 1.807) is 18.2 Å². The average Bonchev–Trinajstić information content (AvgIpc) is 2.71. The monoisotopic (exact) mass is 456 g/mol. The second kappa shape index (κ2) is 14.9. The summed E-state index contributed by atoms with van der Waals surface area (Å²) in [7, 11) is -4.42. The Labute approximate surface area is 209 Å². The quantitative estimate of drug-likeness (QED) is 0.268. The van der Waals surface area contributed by atoms with Gasteiger partial charge in [-0.1, -0.05) is 89.0 Å². The molecule has 0 bridgehead atoms. The van der Waals surface area contributed by atoms with Gasteiger partial charge in [-0.15, -0.1) is 5.75 Å². The Morgan fingerprint density at radius 2 is 1.35 bits per heavy atom. The van der Waals surface area contributed by atoms with Gasteiger partial charge in [-0.2, -0.15) is 8.42 Å². The molecule has 0 aromatic heterocycles. The zero-order valence-corrected chi connectivity index (χ0v) is 21.6. The van der Waals surface area contributed by atoms with Gasteiger partial charge in [0.25, 0.3) is 10.1 Å². The minimum atomic E-state index is -4.42. The summed E-state index contributed by atoms with van der Waals surface area (Å²) in [6.45, 7) is 2.23. The molecule has 2 aromatic rings. The van der Waals surface area contributed by atoms with Crippen molar-refractivity contribution in [2.24, 2.45) is 0 Å². The van der Waals surface area contributed by atoms with Crippen LogP contribution in [0.25, 0.3) is 0 Å².